The number of H-pyrrole nitrogens is 1. The first kappa shape index (κ1) is 18.6. The van der Waals surface area contributed by atoms with Crippen LogP contribution in [0.4, 0.5) is 5.95 Å². The van der Waals surface area contributed by atoms with Crippen molar-refractivity contribution in [2.45, 2.75) is 32.7 Å². The molecular formula is C22H27N5O. The highest BCUT2D eigenvalue weighted by Crippen LogP contribution is 2.20. The van der Waals surface area contributed by atoms with E-state index in [4.69, 9.17) is 0 Å². The van der Waals surface area contributed by atoms with Crippen molar-refractivity contribution in [2.24, 2.45) is 5.92 Å². The summed E-state index contributed by atoms with van der Waals surface area (Å²) in [6.07, 6.45) is 6.65. The summed E-state index contributed by atoms with van der Waals surface area (Å²) < 4.78 is 0. The van der Waals surface area contributed by atoms with Crippen LogP contribution in [0.15, 0.2) is 47.5 Å². The first-order valence-corrected chi connectivity index (χ1v) is 10.1. The van der Waals surface area contributed by atoms with Crippen LogP contribution in [0.25, 0.3) is 10.9 Å². The molecule has 28 heavy (non-hydrogen) atoms. The van der Waals surface area contributed by atoms with E-state index in [0.29, 0.717) is 5.92 Å². The first-order chi connectivity index (χ1) is 13.7. The fourth-order valence-electron chi connectivity index (χ4n) is 3.88. The fraction of sp³-hybridized carbons (Fsp3) is 0.409. The predicted molar refractivity (Wildman–Crippen MR) is 113 cm³/mol. The Balaban J connectivity index is 1.29. The second kappa shape index (κ2) is 8.52. The molecule has 1 saturated heterocycles. The van der Waals surface area contributed by atoms with Crippen molar-refractivity contribution in [1.29, 1.82) is 0 Å². The maximum Gasteiger partial charge on any atom is 0.251 e. The van der Waals surface area contributed by atoms with Crippen LogP contribution >= 0.6 is 0 Å². The van der Waals surface area contributed by atoms with Gasteiger partial charge in [-0.3, -0.25) is 4.79 Å². The molecular weight excluding hydrogens is 350 g/mol. The van der Waals surface area contributed by atoms with Gasteiger partial charge in [0.05, 0.1) is 0 Å². The molecule has 2 N–H and O–H groups in total. The molecule has 6 nitrogen and oxygen atoms in total. The van der Waals surface area contributed by atoms with Crippen LogP contribution in [0, 0.1) is 5.92 Å². The minimum atomic E-state index is 0.0225. The molecule has 146 valence electrons. The van der Waals surface area contributed by atoms with Crippen LogP contribution in [0.1, 0.15) is 30.9 Å². The Labute approximate surface area is 165 Å². The molecule has 3 heterocycles. The third-order valence-corrected chi connectivity index (χ3v) is 5.58. The van der Waals surface area contributed by atoms with Crippen LogP contribution in [0.2, 0.25) is 0 Å². The number of hydrogen-bond acceptors (Lipinski definition) is 5. The van der Waals surface area contributed by atoms with E-state index in [1.807, 2.05) is 19.1 Å². The molecule has 1 aliphatic heterocycles. The maximum absolute atomic E-state index is 12.0. The molecule has 0 unspecified atom stereocenters. The second-order valence-corrected chi connectivity index (χ2v) is 7.51. The molecule has 0 atom stereocenters. The van der Waals surface area contributed by atoms with Crippen molar-refractivity contribution < 1.29 is 0 Å². The molecule has 2 aromatic heterocycles. The topological polar surface area (TPSA) is 73.9 Å². The summed E-state index contributed by atoms with van der Waals surface area (Å²) in [7, 11) is 0. The van der Waals surface area contributed by atoms with Crippen molar-refractivity contribution in [1.82, 2.24) is 20.3 Å². The number of hydrogen-bond donors (Lipinski definition) is 2. The lowest BCUT2D eigenvalue weighted by atomic mass is 9.97. The zero-order chi connectivity index (χ0) is 19.3. The molecule has 4 rings (SSSR count). The van der Waals surface area contributed by atoms with Gasteiger partial charge in [0, 0.05) is 43.1 Å². The molecule has 0 aliphatic carbocycles. The third kappa shape index (κ3) is 4.22. The van der Waals surface area contributed by atoms with E-state index in [1.165, 1.54) is 5.56 Å². The highest BCUT2D eigenvalue weighted by Gasteiger charge is 2.20. The van der Waals surface area contributed by atoms with Gasteiger partial charge in [-0.15, -0.1) is 0 Å². The minimum Gasteiger partial charge on any atom is -0.341 e. The van der Waals surface area contributed by atoms with Crippen molar-refractivity contribution in [3.8, 4) is 0 Å². The van der Waals surface area contributed by atoms with E-state index >= 15 is 0 Å². The van der Waals surface area contributed by atoms with Crippen LogP contribution in [0.5, 0.6) is 0 Å². The molecule has 0 amide bonds. The summed E-state index contributed by atoms with van der Waals surface area (Å²) >= 11 is 0. The van der Waals surface area contributed by atoms with Gasteiger partial charge in [-0.1, -0.05) is 19.1 Å². The van der Waals surface area contributed by atoms with Crippen molar-refractivity contribution in [3.63, 3.8) is 0 Å². The SMILES string of the molecule is CCc1cc2ccc(CNCC3CCN(c4ncccn4)CC3)cc2[nH]c1=O. The van der Waals surface area contributed by atoms with Gasteiger partial charge in [-0.2, -0.15) is 0 Å². The number of pyridine rings is 1. The third-order valence-electron chi connectivity index (χ3n) is 5.58. The lowest BCUT2D eigenvalue weighted by Crippen LogP contribution is -2.38. The Morgan fingerprint density at radius 2 is 1.96 bits per heavy atom. The Morgan fingerprint density at radius 1 is 1.18 bits per heavy atom. The van der Waals surface area contributed by atoms with Crippen molar-refractivity contribution in [2.75, 3.05) is 24.5 Å². The zero-order valence-corrected chi connectivity index (χ0v) is 16.3. The van der Waals surface area contributed by atoms with E-state index < -0.39 is 0 Å². The molecule has 0 spiro atoms. The zero-order valence-electron chi connectivity index (χ0n) is 16.3. The fourth-order valence-corrected chi connectivity index (χ4v) is 3.88. The van der Waals surface area contributed by atoms with Crippen LogP contribution in [0.3, 0.4) is 0 Å². The molecule has 3 aromatic rings. The largest absolute Gasteiger partial charge is 0.341 e. The Bertz CT molecular complexity index is 977. The average Bonchev–Trinajstić information content (AvgIpc) is 2.74. The molecule has 6 heteroatoms. The highest BCUT2D eigenvalue weighted by molar-refractivity contribution is 5.79. The molecule has 0 saturated carbocycles. The Kier molecular flexibility index (Phi) is 5.67. The lowest BCUT2D eigenvalue weighted by Gasteiger charge is -2.32. The molecule has 1 aromatic carbocycles. The highest BCUT2D eigenvalue weighted by atomic mass is 16.1. The summed E-state index contributed by atoms with van der Waals surface area (Å²) in [5, 5.41) is 4.68. The Morgan fingerprint density at radius 3 is 2.71 bits per heavy atom. The van der Waals surface area contributed by atoms with Gasteiger partial charge in [0.25, 0.3) is 5.56 Å². The number of rotatable bonds is 6. The quantitative estimate of drug-likeness (QED) is 0.691. The maximum atomic E-state index is 12.0. The molecule has 0 bridgehead atoms. The number of aromatic amines is 1. The van der Waals surface area contributed by atoms with Crippen LogP contribution in [-0.2, 0) is 13.0 Å². The van der Waals surface area contributed by atoms with Gasteiger partial charge in [0.1, 0.15) is 0 Å². The van der Waals surface area contributed by atoms with E-state index in [9.17, 15) is 4.79 Å². The minimum absolute atomic E-state index is 0.0225. The van der Waals surface area contributed by atoms with E-state index in [2.05, 4.69) is 43.4 Å². The van der Waals surface area contributed by atoms with Crippen molar-refractivity contribution >= 4 is 16.9 Å². The predicted octanol–water partition coefficient (Wildman–Crippen LogP) is 2.89. The molecule has 0 radical (unpaired) electrons. The number of nitrogens with zero attached hydrogens (tertiary/aromatic N) is 3. The number of anilines is 1. The van der Waals surface area contributed by atoms with E-state index in [0.717, 1.165) is 67.9 Å². The van der Waals surface area contributed by atoms with E-state index in [-0.39, 0.29) is 5.56 Å². The summed E-state index contributed by atoms with van der Waals surface area (Å²) in [6, 6.07) is 10.2. The average molecular weight is 377 g/mol. The van der Waals surface area contributed by atoms with Gasteiger partial charge < -0.3 is 15.2 Å². The molecule has 1 fully saturated rings. The standard InChI is InChI=1S/C22H27N5O/c1-2-18-13-19-5-4-17(12-20(19)26-21(18)28)15-23-14-16-6-10-27(11-7-16)22-24-8-3-9-25-22/h3-5,8-9,12-13,16,23H,2,6-7,10-11,14-15H2,1H3,(H,26,28). The van der Waals surface area contributed by atoms with Gasteiger partial charge in [-0.05, 0) is 60.9 Å². The second-order valence-electron chi connectivity index (χ2n) is 7.51. The van der Waals surface area contributed by atoms with Gasteiger partial charge in [0.15, 0.2) is 0 Å². The number of piperidine rings is 1. The van der Waals surface area contributed by atoms with Crippen LogP contribution in [-0.4, -0.2) is 34.6 Å². The first-order valence-electron chi connectivity index (χ1n) is 10.1. The Hall–Kier alpha value is -2.73. The monoisotopic (exact) mass is 377 g/mol. The number of aromatic nitrogens is 3. The number of nitrogens with one attached hydrogen (secondary N) is 2. The van der Waals surface area contributed by atoms with Crippen molar-refractivity contribution in [3.05, 3.63) is 64.2 Å². The summed E-state index contributed by atoms with van der Waals surface area (Å²) in [6.45, 7) is 5.84. The van der Waals surface area contributed by atoms with E-state index in [1.54, 1.807) is 12.4 Å². The summed E-state index contributed by atoms with van der Waals surface area (Å²) in [5.41, 5.74) is 2.97. The van der Waals surface area contributed by atoms with Crippen LogP contribution < -0.4 is 15.8 Å². The van der Waals surface area contributed by atoms with Gasteiger partial charge in [-0.25, -0.2) is 9.97 Å². The lowest BCUT2D eigenvalue weighted by molar-refractivity contribution is 0.380. The summed E-state index contributed by atoms with van der Waals surface area (Å²) in [4.78, 5) is 26.0. The molecule has 1 aliphatic rings. The summed E-state index contributed by atoms with van der Waals surface area (Å²) in [5.74, 6) is 1.51. The normalized spacial score (nSPS) is 15.2. The smallest absolute Gasteiger partial charge is 0.251 e. The number of benzene rings is 1. The van der Waals surface area contributed by atoms with Gasteiger partial charge >= 0.3 is 0 Å². The number of aryl methyl sites for hydroxylation is 1. The number of fused-ring (bicyclic) bond motifs is 1. The van der Waals surface area contributed by atoms with Gasteiger partial charge in [0.2, 0.25) is 5.95 Å².